The number of nitrogens with one attached hydrogen (secondary N) is 2. The first-order valence-electron chi connectivity index (χ1n) is 8.48. The maximum Gasteiger partial charge on any atom is 0.206 e. The first-order valence-corrected chi connectivity index (χ1v) is 10.3. The highest BCUT2D eigenvalue weighted by molar-refractivity contribution is 7.91. The minimum Gasteiger partial charge on any atom is -0.323 e. The molecule has 0 saturated heterocycles. The maximum atomic E-state index is 13.1. The largest absolute Gasteiger partial charge is 0.323 e. The van der Waals surface area contributed by atoms with Gasteiger partial charge in [-0.3, -0.25) is 5.10 Å². The van der Waals surface area contributed by atoms with Crippen LogP contribution in [0.15, 0.2) is 82.6 Å². The molecule has 0 aliphatic carbocycles. The second-order valence-corrected chi connectivity index (χ2v) is 8.46. The molecule has 9 heteroatoms. The number of hydrogen-bond donors (Lipinski definition) is 2. The molecular formula is C20H14ClFN4O2S. The lowest BCUT2D eigenvalue weighted by atomic mass is 10.1. The molecule has 0 saturated carbocycles. The van der Waals surface area contributed by atoms with Crippen molar-refractivity contribution in [2.45, 2.75) is 9.79 Å². The molecule has 2 aromatic carbocycles. The van der Waals surface area contributed by atoms with Crippen molar-refractivity contribution in [3.05, 3.63) is 83.8 Å². The van der Waals surface area contributed by atoms with Gasteiger partial charge in [-0.25, -0.2) is 17.8 Å². The van der Waals surface area contributed by atoms with Crippen molar-refractivity contribution in [1.29, 1.82) is 0 Å². The molecule has 0 spiro atoms. The molecule has 6 nitrogen and oxygen atoms in total. The van der Waals surface area contributed by atoms with E-state index in [-0.39, 0.29) is 26.6 Å². The molecular weight excluding hydrogens is 415 g/mol. The van der Waals surface area contributed by atoms with Crippen LogP contribution in [0.1, 0.15) is 0 Å². The number of aromatic amines is 1. The van der Waals surface area contributed by atoms with Crippen molar-refractivity contribution in [2.75, 3.05) is 5.32 Å². The van der Waals surface area contributed by atoms with E-state index < -0.39 is 9.84 Å². The zero-order chi connectivity index (χ0) is 20.4. The number of sulfone groups is 1. The number of rotatable bonds is 5. The number of aromatic nitrogens is 3. The van der Waals surface area contributed by atoms with Crippen molar-refractivity contribution in [3.63, 3.8) is 0 Å². The van der Waals surface area contributed by atoms with Crippen LogP contribution in [0.5, 0.6) is 0 Å². The predicted molar refractivity (Wildman–Crippen MR) is 108 cm³/mol. The molecule has 0 unspecified atom stereocenters. The summed E-state index contributed by atoms with van der Waals surface area (Å²) >= 11 is 6.05. The fourth-order valence-electron chi connectivity index (χ4n) is 2.72. The molecule has 0 radical (unpaired) electrons. The van der Waals surface area contributed by atoms with E-state index in [2.05, 4.69) is 20.5 Å². The van der Waals surface area contributed by atoms with E-state index in [0.29, 0.717) is 11.5 Å². The number of benzene rings is 2. The van der Waals surface area contributed by atoms with Crippen molar-refractivity contribution in [3.8, 4) is 11.3 Å². The van der Waals surface area contributed by atoms with Gasteiger partial charge in [-0.05, 0) is 54.1 Å². The van der Waals surface area contributed by atoms with Crippen LogP contribution in [-0.4, -0.2) is 23.6 Å². The lowest BCUT2D eigenvalue weighted by Crippen LogP contribution is -2.04. The van der Waals surface area contributed by atoms with Crippen molar-refractivity contribution >= 4 is 33.1 Å². The number of H-pyrrole nitrogens is 1. The average Bonchev–Trinajstić information content (AvgIpc) is 3.17. The molecule has 4 aromatic rings. The van der Waals surface area contributed by atoms with Gasteiger partial charge in [-0.2, -0.15) is 5.10 Å². The Morgan fingerprint density at radius 2 is 1.62 bits per heavy atom. The summed E-state index contributed by atoms with van der Waals surface area (Å²) in [7, 11) is -3.75. The molecule has 146 valence electrons. The van der Waals surface area contributed by atoms with Gasteiger partial charge >= 0.3 is 0 Å². The zero-order valence-electron chi connectivity index (χ0n) is 14.8. The predicted octanol–water partition coefficient (Wildman–Crippen LogP) is 4.84. The van der Waals surface area contributed by atoms with Gasteiger partial charge in [0, 0.05) is 6.07 Å². The van der Waals surface area contributed by atoms with Gasteiger partial charge in [0.1, 0.15) is 16.8 Å². The van der Waals surface area contributed by atoms with E-state index in [4.69, 9.17) is 11.6 Å². The minimum atomic E-state index is -3.75. The average molecular weight is 429 g/mol. The van der Waals surface area contributed by atoms with Crippen LogP contribution in [0.2, 0.25) is 5.15 Å². The van der Waals surface area contributed by atoms with Crippen molar-refractivity contribution < 1.29 is 12.8 Å². The second-order valence-electron chi connectivity index (χ2n) is 6.13. The van der Waals surface area contributed by atoms with E-state index in [9.17, 15) is 12.8 Å². The van der Waals surface area contributed by atoms with Gasteiger partial charge in [0.25, 0.3) is 0 Å². The standard InChI is InChI=1S/C20H14ClFN4O2S/c21-18-10-16(29(27,28)15-4-2-1-3-5-15)11-19(23-18)24-20-12-17(25-26-20)13-6-8-14(22)9-7-13/h1-12H,(H2,23,24,25,26). The number of pyridine rings is 1. The molecule has 0 amide bonds. The minimum absolute atomic E-state index is 0.0143. The van der Waals surface area contributed by atoms with Gasteiger partial charge in [-0.15, -0.1) is 0 Å². The summed E-state index contributed by atoms with van der Waals surface area (Å²) in [5.41, 5.74) is 1.41. The summed E-state index contributed by atoms with van der Waals surface area (Å²) in [6.07, 6.45) is 0. The lowest BCUT2D eigenvalue weighted by Gasteiger charge is -2.08. The lowest BCUT2D eigenvalue weighted by molar-refractivity contribution is 0.596. The summed E-state index contributed by atoms with van der Waals surface area (Å²) < 4.78 is 38.8. The summed E-state index contributed by atoms with van der Waals surface area (Å²) in [5.74, 6) is 0.299. The normalized spacial score (nSPS) is 11.4. The highest BCUT2D eigenvalue weighted by Gasteiger charge is 2.19. The SMILES string of the molecule is O=S(=O)(c1ccccc1)c1cc(Cl)nc(Nc2cc(-c3ccc(F)cc3)[nH]n2)c1. The van der Waals surface area contributed by atoms with Crippen LogP contribution in [-0.2, 0) is 9.84 Å². The van der Waals surface area contributed by atoms with Crippen molar-refractivity contribution in [1.82, 2.24) is 15.2 Å². The van der Waals surface area contributed by atoms with E-state index >= 15 is 0 Å². The Balaban J connectivity index is 1.63. The Morgan fingerprint density at radius 1 is 0.897 bits per heavy atom. The topological polar surface area (TPSA) is 87.7 Å². The Labute approximate surface area is 171 Å². The van der Waals surface area contributed by atoms with Crippen LogP contribution in [0.3, 0.4) is 0 Å². The monoisotopic (exact) mass is 428 g/mol. The summed E-state index contributed by atoms with van der Waals surface area (Å²) in [6.45, 7) is 0. The van der Waals surface area contributed by atoms with Gasteiger partial charge in [0.2, 0.25) is 9.84 Å². The highest BCUT2D eigenvalue weighted by Crippen LogP contribution is 2.27. The molecule has 2 heterocycles. The van der Waals surface area contributed by atoms with Crippen LogP contribution >= 0.6 is 11.6 Å². The van der Waals surface area contributed by atoms with E-state index in [1.54, 1.807) is 36.4 Å². The number of nitrogens with zero attached hydrogens (tertiary/aromatic N) is 2. The van der Waals surface area contributed by atoms with Crippen LogP contribution in [0, 0.1) is 5.82 Å². The number of halogens is 2. The molecule has 0 atom stereocenters. The van der Waals surface area contributed by atoms with Gasteiger partial charge in [0.15, 0.2) is 5.82 Å². The Hall–Kier alpha value is -3.23. The summed E-state index contributed by atoms with van der Waals surface area (Å²) in [6, 6.07) is 18.4. The molecule has 4 rings (SSSR count). The molecule has 0 aliphatic rings. The third-order valence-electron chi connectivity index (χ3n) is 4.12. The summed E-state index contributed by atoms with van der Waals surface area (Å²) in [5, 5.41) is 9.92. The van der Waals surface area contributed by atoms with Crippen LogP contribution in [0.25, 0.3) is 11.3 Å². The van der Waals surface area contributed by atoms with Crippen LogP contribution in [0.4, 0.5) is 16.0 Å². The third kappa shape index (κ3) is 4.13. The molecule has 0 fully saturated rings. The van der Waals surface area contributed by atoms with E-state index in [1.807, 2.05) is 0 Å². The summed E-state index contributed by atoms with van der Waals surface area (Å²) in [4.78, 5) is 4.29. The smallest absolute Gasteiger partial charge is 0.206 e. The first-order chi connectivity index (χ1) is 13.9. The number of hydrogen-bond acceptors (Lipinski definition) is 5. The maximum absolute atomic E-state index is 13.1. The zero-order valence-corrected chi connectivity index (χ0v) is 16.4. The highest BCUT2D eigenvalue weighted by atomic mass is 35.5. The molecule has 29 heavy (non-hydrogen) atoms. The van der Waals surface area contributed by atoms with E-state index in [1.165, 1.54) is 36.4 Å². The van der Waals surface area contributed by atoms with Gasteiger partial charge in [-0.1, -0.05) is 29.8 Å². The molecule has 2 aromatic heterocycles. The molecule has 2 N–H and O–H groups in total. The third-order valence-corrected chi connectivity index (χ3v) is 6.06. The van der Waals surface area contributed by atoms with E-state index in [0.717, 1.165) is 5.56 Å². The van der Waals surface area contributed by atoms with Gasteiger partial charge < -0.3 is 5.32 Å². The Kier molecular flexibility index (Phi) is 5.04. The molecule has 0 aliphatic heterocycles. The first kappa shape index (κ1) is 19.1. The fourth-order valence-corrected chi connectivity index (χ4v) is 4.32. The Morgan fingerprint density at radius 3 is 2.34 bits per heavy atom. The second kappa shape index (κ2) is 7.65. The number of anilines is 2. The molecule has 0 bridgehead atoms. The Bertz CT molecular complexity index is 1260. The quantitative estimate of drug-likeness (QED) is 0.444. The van der Waals surface area contributed by atoms with Crippen molar-refractivity contribution in [2.24, 2.45) is 0 Å². The van der Waals surface area contributed by atoms with Gasteiger partial charge in [0.05, 0.1) is 15.5 Å². The fraction of sp³-hybridized carbons (Fsp3) is 0. The van der Waals surface area contributed by atoms with Crippen LogP contribution < -0.4 is 5.32 Å².